The average Bonchev–Trinajstić information content (AvgIpc) is 2.67. The maximum absolute atomic E-state index is 12.8. The highest BCUT2D eigenvalue weighted by molar-refractivity contribution is 7.84. The minimum absolute atomic E-state index is 0.0166. The van der Waals surface area contributed by atoms with Gasteiger partial charge in [-0.25, -0.2) is 0 Å². The number of carbonyl (C=O) groups excluding carboxylic acids is 1. The molecule has 144 valence electrons. The van der Waals surface area contributed by atoms with Crippen molar-refractivity contribution in [3.8, 4) is 5.75 Å². The second-order valence-corrected chi connectivity index (χ2v) is 8.61. The molecule has 0 fully saturated rings. The predicted molar refractivity (Wildman–Crippen MR) is 110 cm³/mol. The molecule has 2 aromatic rings. The number of nitrogens with one attached hydrogen (secondary N) is 1. The normalized spacial score (nSPS) is 18.2. The Morgan fingerprint density at radius 2 is 2.04 bits per heavy atom. The van der Waals surface area contributed by atoms with E-state index in [1.165, 1.54) is 11.1 Å². The Balaban J connectivity index is 1.71. The van der Waals surface area contributed by atoms with Crippen molar-refractivity contribution >= 4 is 16.7 Å². The van der Waals surface area contributed by atoms with Crippen LogP contribution in [-0.2, 0) is 22.0 Å². The van der Waals surface area contributed by atoms with Crippen LogP contribution in [0.4, 0.5) is 0 Å². The SMILES string of the molecule is COc1ccc2c(c1)CCC[C@@H]2CC(=O)N[C@@H](C[S@](C)=O)c1ccccc1. The maximum atomic E-state index is 12.8. The van der Waals surface area contributed by atoms with Crippen LogP contribution in [0.25, 0.3) is 0 Å². The zero-order chi connectivity index (χ0) is 19.2. The van der Waals surface area contributed by atoms with E-state index in [0.29, 0.717) is 12.2 Å². The number of hydrogen-bond acceptors (Lipinski definition) is 3. The Morgan fingerprint density at radius 1 is 1.26 bits per heavy atom. The second-order valence-electron chi connectivity index (χ2n) is 7.13. The number of hydrogen-bond donors (Lipinski definition) is 1. The van der Waals surface area contributed by atoms with Gasteiger partial charge in [-0.3, -0.25) is 9.00 Å². The molecule has 3 atom stereocenters. The average molecular weight is 386 g/mol. The lowest BCUT2D eigenvalue weighted by atomic mass is 9.81. The monoisotopic (exact) mass is 385 g/mol. The summed E-state index contributed by atoms with van der Waals surface area (Å²) in [6, 6.07) is 15.7. The first kappa shape index (κ1) is 19.6. The lowest BCUT2D eigenvalue weighted by Gasteiger charge is -2.26. The third kappa shape index (κ3) is 5.19. The van der Waals surface area contributed by atoms with Crippen molar-refractivity contribution in [2.24, 2.45) is 0 Å². The smallest absolute Gasteiger partial charge is 0.221 e. The Hall–Kier alpha value is -2.14. The first-order valence-electron chi connectivity index (χ1n) is 9.38. The number of amides is 1. The third-order valence-corrected chi connectivity index (χ3v) is 5.96. The lowest BCUT2D eigenvalue weighted by Crippen LogP contribution is -2.33. The number of aryl methyl sites for hydroxylation is 1. The molecule has 0 aromatic heterocycles. The van der Waals surface area contributed by atoms with Crippen molar-refractivity contribution in [1.29, 1.82) is 0 Å². The summed E-state index contributed by atoms with van der Waals surface area (Å²) in [7, 11) is 0.690. The van der Waals surface area contributed by atoms with Gasteiger partial charge in [-0.1, -0.05) is 36.4 Å². The van der Waals surface area contributed by atoms with Gasteiger partial charge < -0.3 is 10.1 Å². The second kappa shape index (κ2) is 9.18. The molecule has 1 amide bonds. The molecule has 2 aromatic carbocycles. The molecule has 0 bridgehead atoms. The molecule has 1 N–H and O–H groups in total. The van der Waals surface area contributed by atoms with Gasteiger partial charge in [0.05, 0.1) is 13.2 Å². The van der Waals surface area contributed by atoms with E-state index in [2.05, 4.69) is 17.4 Å². The maximum Gasteiger partial charge on any atom is 0.221 e. The van der Waals surface area contributed by atoms with E-state index in [9.17, 15) is 9.00 Å². The molecule has 27 heavy (non-hydrogen) atoms. The number of carbonyl (C=O) groups is 1. The predicted octanol–water partition coefficient (Wildman–Crippen LogP) is 3.74. The fraction of sp³-hybridized carbons (Fsp3) is 0.409. The Bertz CT molecular complexity index is 806. The van der Waals surface area contributed by atoms with E-state index in [4.69, 9.17) is 4.74 Å². The van der Waals surface area contributed by atoms with Gasteiger partial charge in [0, 0.05) is 29.2 Å². The fourth-order valence-electron chi connectivity index (χ4n) is 3.85. The summed E-state index contributed by atoms with van der Waals surface area (Å²) in [4.78, 5) is 12.8. The summed E-state index contributed by atoms with van der Waals surface area (Å²) in [6.45, 7) is 0. The molecule has 0 aliphatic heterocycles. The number of benzene rings is 2. The van der Waals surface area contributed by atoms with Crippen molar-refractivity contribution < 1.29 is 13.7 Å². The van der Waals surface area contributed by atoms with Crippen molar-refractivity contribution in [1.82, 2.24) is 5.32 Å². The topological polar surface area (TPSA) is 55.4 Å². The summed E-state index contributed by atoms with van der Waals surface area (Å²) >= 11 is 0. The summed E-state index contributed by atoms with van der Waals surface area (Å²) in [5.74, 6) is 1.54. The Morgan fingerprint density at radius 3 is 2.74 bits per heavy atom. The summed E-state index contributed by atoms with van der Waals surface area (Å²) < 4.78 is 17.1. The Kier molecular flexibility index (Phi) is 6.67. The first-order valence-corrected chi connectivity index (χ1v) is 11.1. The highest BCUT2D eigenvalue weighted by atomic mass is 32.2. The van der Waals surface area contributed by atoms with Crippen molar-refractivity contribution in [2.75, 3.05) is 19.1 Å². The first-order chi connectivity index (χ1) is 13.1. The fourth-order valence-corrected chi connectivity index (χ4v) is 4.59. The molecule has 4 nitrogen and oxygen atoms in total. The molecular weight excluding hydrogens is 358 g/mol. The highest BCUT2D eigenvalue weighted by Gasteiger charge is 2.24. The van der Waals surface area contributed by atoms with E-state index < -0.39 is 10.8 Å². The van der Waals surface area contributed by atoms with Crippen LogP contribution in [0.5, 0.6) is 5.75 Å². The summed E-state index contributed by atoms with van der Waals surface area (Å²) in [5.41, 5.74) is 3.54. The molecule has 0 spiro atoms. The van der Waals surface area contributed by atoms with Crippen LogP contribution < -0.4 is 10.1 Å². The molecule has 1 aliphatic rings. The van der Waals surface area contributed by atoms with Gasteiger partial charge in [0.1, 0.15) is 5.75 Å². The van der Waals surface area contributed by atoms with Crippen LogP contribution in [0.3, 0.4) is 0 Å². The molecule has 0 heterocycles. The van der Waals surface area contributed by atoms with E-state index in [0.717, 1.165) is 30.6 Å². The molecule has 0 saturated heterocycles. The van der Waals surface area contributed by atoms with E-state index in [-0.39, 0.29) is 17.9 Å². The number of fused-ring (bicyclic) bond motifs is 1. The molecule has 5 heteroatoms. The van der Waals surface area contributed by atoms with E-state index >= 15 is 0 Å². The summed E-state index contributed by atoms with van der Waals surface area (Å²) in [6.07, 6.45) is 5.26. The molecule has 1 aliphatic carbocycles. The van der Waals surface area contributed by atoms with Gasteiger partial charge >= 0.3 is 0 Å². The number of rotatable bonds is 7. The standard InChI is InChI=1S/C22H27NO3S/c1-26-19-11-12-20-17(13-19)9-6-10-18(20)14-22(24)23-21(15-27(2)25)16-7-4-3-5-8-16/h3-5,7-8,11-13,18,21H,6,9-10,14-15H2,1-2H3,(H,23,24)/t18-,21+,27+/m1/s1. The van der Waals surface area contributed by atoms with E-state index in [1.807, 2.05) is 36.4 Å². The summed E-state index contributed by atoms with van der Waals surface area (Å²) in [5, 5.41) is 3.11. The van der Waals surface area contributed by atoms with Gasteiger partial charge in [-0.05, 0) is 54.0 Å². The number of ether oxygens (including phenoxy) is 1. The quantitative estimate of drug-likeness (QED) is 0.790. The lowest BCUT2D eigenvalue weighted by molar-refractivity contribution is -0.122. The van der Waals surface area contributed by atoms with Crippen LogP contribution in [0, 0.1) is 0 Å². The van der Waals surface area contributed by atoms with Crippen LogP contribution in [0.15, 0.2) is 48.5 Å². The van der Waals surface area contributed by atoms with E-state index in [1.54, 1.807) is 13.4 Å². The number of methoxy groups -OCH3 is 1. The van der Waals surface area contributed by atoms with Gasteiger partial charge in [-0.15, -0.1) is 0 Å². The van der Waals surface area contributed by atoms with Gasteiger partial charge in [0.15, 0.2) is 0 Å². The van der Waals surface area contributed by atoms with Crippen LogP contribution in [0.2, 0.25) is 0 Å². The third-order valence-electron chi connectivity index (χ3n) is 5.16. The molecule has 3 rings (SSSR count). The minimum atomic E-state index is -0.988. The zero-order valence-electron chi connectivity index (χ0n) is 15.9. The van der Waals surface area contributed by atoms with Gasteiger partial charge in [0.2, 0.25) is 5.91 Å². The molecule has 0 saturated carbocycles. The highest BCUT2D eigenvalue weighted by Crippen LogP contribution is 2.36. The van der Waals surface area contributed by atoms with Crippen LogP contribution >= 0.6 is 0 Å². The van der Waals surface area contributed by atoms with Crippen molar-refractivity contribution in [2.45, 2.75) is 37.6 Å². The van der Waals surface area contributed by atoms with Gasteiger partial charge in [0.25, 0.3) is 0 Å². The minimum Gasteiger partial charge on any atom is -0.497 e. The molecule has 0 radical (unpaired) electrons. The van der Waals surface area contributed by atoms with Crippen LogP contribution in [-0.4, -0.2) is 29.2 Å². The largest absolute Gasteiger partial charge is 0.497 e. The molecule has 0 unspecified atom stereocenters. The van der Waals surface area contributed by atoms with Crippen LogP contribution in [0.1, 0.15) is 47.9 Å². The van der Waals surface area contributed by atoms with Crippen molar-refractivity contribution in [3.63, 3.8) is 0 Å². The molecular formula is C22H27NO3S. The Labute approximate surface area is 163 Å². The zero-order valence-corrected chi connectivity index (χ0v) is 16.8. The van der Waals surface area contributed by atoms with Crippen molar-refractivity contribution in [3.05, 3.63) is 65.2 Å². The van der Waals surface area contributed by atoms with Gasteiger partial charge in [-0.2, -0.15) is 0 Å².